The third-order valence-electron chi connectivity index (χ3n) is 3.71. The second kappa shape index (κ2) is 5.74. The highest BCUT2D eigenvalue weighted by atomic mass is 32.3. The zero-order valence-corrected chi connectivity index (χ0v) is 12.7. The van der Waals surface area contributed by atoms with Gasteiger partial charge in [-0.25, -0.2) is 4.39 Å². The molecular weight excluding hydrogens is 279 g/mol. The molecule has 0 aliphatic carbocycles. The Morgan fingerprint density at radius 1 is 0.571 bits per heavy atom. The van der Waals surface area contributed by atoms with Gasteiger partial charge in [-0.3, -0.25) is 0 Å². The topological polar surface area (TPSA) is 0 Å². The quantitative estimate of drug-likeness (QED) is 0.578. The maximum atomic E-state index is 13.3. The summed E-state index contributed by atoms with van der Waals surface area (Å²) in [6.45, 7) is 0. The fourth-order valence-corrected chi connectivity index (χ4v) is 5.40. The molecule has 2 heteroatoms. The van der Waals surface area contributed by atoms with Crippen molar-refractivity contribution in [2.75, 3.05) is 6.26 Å². The van der Waals surface area contributed by atoms with Crippen molar-refractivity contribution in [1.29, 1.82) is 0 Å². The molecule has 0 aliphatic rings. The Balaban J connectivity index is 2.23. The second-order valence-electron chi connectivity index (χ2n) is 5.00. The number of benzene rings is 3. The van der Waals surface area contributed by atoms with Gasteiger partial charge in [0.2, 0.25) is 0 Å². The molecule has 0 bridgehead atoms. The van der Waals surface area contributed by atoms with Crippen LogP contribution in [0, 0.1) is 5.82 Å². The Kier molecular flexibility index (Phi) is 3.80. The first-order valence-corrected chi connectivity index (χ1v) is 8.89. The van der Waals surface area contributed by atoms with Crippen LogP contribution in [-0.2, 0) is 0 Å². The maximum Gasteiger partial charge on any atom is 0.123 e. The number of hydrogen-bond acceptors (Lipinski definition) is 0. The maximum absolute atomic E-state index is 13.3. The summed E-state index contributed by atoms with van der Waals surface area (Å²) in [6, 6.07) is 27.8. The first kappa shape index (κ1) is 13.9. The molecular formula is C19H17FS. The summed E-state index contributed by atoms with van der Waals surface area (Å²) in [6.07, 6.45) is 2.27. The van der Waals surface area contributed by atoms with Gasteiger partial charge < -0.3 is 0 Å². The number of hydrogen-bond donors (Lipinski definition) is 0. The molecule has 0 saturated heterocycles. The van der Waals surface area contributed by atoms with Gasteiger partial charge in [0.1, 0.15) is 5.82 Å². The van der Waals surface area contributed by atoms with Gasteiger partial charge in [0.05, 0.1) is 0 Å². The van der Waals surface area contributed by atoms with E-state index in [2.05, 4.69) is 54.8 Å². The Morgan fingerprint density at radius 3 is 1.38 bits per heavy atom. The molecule has 0 fully saturated rings. The molecule has 3 rings (SSSR count). The van der Waals surface area contributed by atoms with Gasteiger partial charge >= 0.3 is 0 Å². The third-order valence-corrected chi connectivity index (χ3v) is 7.36. The van der Waals surface area contributed by atoms with Gasteiger partial charge in [0, 0.05) is 0 Å². The van der Waals surface area contributed by atoms with Crippen LogP contribution in [0.3, 0.4) is 0 Å². The molecule has 106 valence electrons. The summed E-state index contributed by atoms with van der Waals surface area (Å²) in [4.78, 5) is 3.73. The molecule has 0 unspecified atom stereocenters. The largest absolute Gasteiger partial charge is 0.207 e. The van der Waals surface area contributed by atoms with Crippen molar-refractivity contribution in [3.05, 3.63) is 90.7 Å². The molecule has 0 spiro atoms. The number of rotatable bonds is 3. The monoisotopic (exact) mass is 296 g/mol. The fourth-order valence-electron chi connectivity index (χ4n) is 2.50. The summed E-state index contributed by atoms with van der Waals surface area (Å²) in [5.41, 5.74) is 0. The van der Waals surface area contributed by atoms with Crippen LogP contribution < -0.4 is 0 Å². The smallest absolute Gasteiger partial charge is 0.123 e. The zero-order valence-electron chi connectivity index (χ0n) is 11.9. The summed E-state index contributed by atoms with van der Waals surface area (Å²) >= 11 is 0. The van der Waals surface area contributed by atoms with E-state index in [0.29, 0.717) is 0 Å². The van der Waals surface area contributed by atoms with Gasteiger partial charge in [-0.2, -0.15) is 10.0 Å². The molecule has 21 heavy (non-hydrogen) atoms. The van der Waals surface area contributed by atoms with Crippen LogP contribution in [-0.4, -0.2) is 6.26 Å². The molecule has 0 heterocycles. The average Bonchev–Trinajstić information content (AvgIpc) is 2.56. The Labute approximate surface area is 126 Å². The molecule has 0 N–H and O–H groups in total. The third kappa shape index (κ3) is 2.59. The van der Waals surface area contributed by atoms with Crippen LogP contribution in [0.5, 0.6) is 0 Å². The van der Waals surface area contributed by atoms with E-state index in [1.54, 1.807) is 12.1 Å². The van der Waals surface area contributed by atoms with E-state index in [4.69, 9.17) is 0 Å². The minimum Gasteiger partial charge on any atom is -0.207 e. The van der Waals surface area contributed by atoms with Crippen molar-refractivity contribution < 1.29 is 4.39 Å². The van der Waals surface area contributed by atoms with E-state index in [1.807, 2.05) is 24.3 Å². The van der Waals surface area contributed by atoms with Gasteiger partial charge in [-0.05, 0) is 69.5 Å². The lowest BCUT2D eigenvalue weighted by molar-refractivity contribution is 0.626. The molecule has 0 nitrogen and oxygen atoms in total. The normalized spacial score (nSPS) is 12.1. The van der Waals surface area contributed by atoms with E-state index >= 15 is 0 Å². The second-order valence-corrected chi connectivity index (χ2v) is 8.25. The minimum atomic E-state index is -1.36. The summed E-state index contributed by atoms with van der Waals surface area (Å²) in [7, 11) is -1.36. The van der Waals surface area contributed by atoms with Crippen LogP contribution in [0.25, 0.3) is 0 Å². The molecule has 3 aromatic rings. The molecule has 0 saturated carbocycles. The van der Waals surface area contributed by atoms with Crippen LogP contribution >= 0.6 is 10.0 Å². The van der Waals surface area contributed by atoms with Crippen molar-refractivity contribution in [3.63, 3.8) is 0 Å². The summed E-state index contributed by atoms with van der Waals surface area (Å²) < 4.78 is 13.3. The van der Waals surface area contributed by atoms with Crippen LogP contribution in [0.4, 0.5) is 4.39 Å². The van der Waals surface area contributed by atoms with Gasteiger partial charge in [-0.1, -0.05) is 36.4 Å². The van der Waals surface area contributed by atoms with E-state index in [1.165, 1.54) is 14.7 Å². The number of halogens is 1. The first-order chi connectivity index (χ1) is 10.2. The van der Waals surface area contributed by atoms with Crippen molar-refractivity contribution in [3.8, 4) is 0 Å². The van der Waals surface area contributed by atoms with Crippen LogP contribution in [0.15, 0.2) is 99.6 Å². The highest BCUT2D eigenvalue weighted by molar-refractivity contribution is 8.33. The standard InChI is InChI=1S/C19H17FS/c1-21(17-8-4-2-5-9-17,18-10-6-3-7-11-18)19-14-12-16(20)13-15-19/h2-15H,1H3. The van der Waals surface area contributed by atoms with E-state index in [9.17, 15) is 4.39 Å². The minimum absolute atomic E-state index is 0.193. The predicted molar refractivity (Wildman–Crippen MR) is 87.6 cm³/mol. The average molecular weight is 296 g/mol. The first-order valence-electron chi connectivity index (χ1n) is 6.85. The lowest BCUT2D eigenvalue weighted by Crippen LogP contribution is -2.01. The molecule has 0 atom stereocenters. The predicted octanol–water partition coefficient (Wildman–Crippen LogP) is 5.74. The van der Waals surface area contributed by atoms with Crippen molar-refractivity contribution in [1.82, 2.24) is 0 Å². The molecule has 0 amide bonds. The van der Waals surface area contributed by atoms with E-state index in [-0.39, 0.29) is 5.82 Å². The van der Waals surface area contributed by atoms with Crippen molar-refractivity contribution in [2.24, 2.45) is 0 Å². The van der Waals surface area contributed by atoms with E-state index in [0.717, 1.165) is 0 Å². The van der Waals surface area contributed by atoms with Crippen molar-refractivity contribution in [2.45, 2.75) is 14.7 Å². The molecule has 0 aromatic heterocycles. The molecule has 3 aromatic carbocycles. The van der Waals surface area contributed by atoms with Crippen LogP contribution in [0.1, 0.15) is 0 Å². The Morgan fingerprint density at radius 2 is 0.952 bits per heavy atom. The molecule has 0 aliphatic heterocycles. The highest BCUT2D eigenvalue weighted by Crippen LogP contribution is 2.65. The van der Waals surface area contributed by atoms with Gasteiger partial charge in [-0.15, -0.1) is 0 Å². The Hall–Kier alpha value is -2.06. The van der Waals surface area contributed by atoms with Crippen molar-refractivity contribution >= 4 is 10.0 Å². The summed E-state index contributed by atoms with van der Waals surface area (Å²) in [5.74, 6) is -0.193. The highest BCUT2D eigenvalue weighted by Gasteiger charge is 2.25. The summed E-state index contributed by atoms with van der Waals surface area (Å²) in [5, 5.41) is 0. The molecule has 0 radical (unpaired) electrons. The van der Waals surface area contributed by atoms with E-state index < -0.39 is 10.0 Å². The van der Waals surface area contributed by atoms with Gasteiger partial charge in [0.15, 0.2) is 0 Å². The SMILES string of the molecule is CS(c1ccccc1)(c1ccccc1)c1ccc(F)cc1. The van der Waals surface area contributed by atoms with Gasteiger partial charge in [0.25, 0.3) is 0 Å². The lowest BCUT2D eigenvalue weighted by Gasteiger charge is -2.37. The fraction of sp³-hybridized carbons (Fsp3) is 0.0526. The van der Waals surface area contributed by atoms with Crippen LogP contribution in [0.2, 0.25) is 0 Å². The Bertz CT molecular complexity index is 666. The zero-order chi connectivity index (χ0) is 14.7. The lowest BCUT2D eigenvalue weighted by atomic mass is 10.3.